The maximum atomic E-state index is 12.8. The first-order valence-corrected chi connectivity index (χ1v) is 27.3. The Morgan fingerprint density at radius 2 is 1.18 bits per heavy atom. The fourth-order valence-electron chi connectivity index (χ4n) is 9.50. The van der Waals surface area contributed by atoms with E-state index < -0.39 is 0 Å². The van der Waals surface area contributed by atoms with Crippen LogP contribution in [0.3, 0.4) is 0 Å². The molecular formula is C59H81ClN8O8. The second-order valence-electron chi connectivity index (χ2n) is 21.7. The lowest BCUT2D eigenvalue weighted by atomic mass is 9.90. The minimum atomic E-state index is -0.249. The third kappa shape index (κ3) is 15.1. The molecule has 4 atom stereocenters. The van der Waals surface area contributed by atoms with Crippen molar-refractivity contribution in [1.82, 2.24) is 19.8 Å². The lowest BCUT2D eigenvalue weighted by Crippen LogP contribution is -2.41. The Balaban J connectivity index is 0.000000178. The topological polar surface area (TPSA) is 192 Å². The van der Waals surface area contributed by atoms with Gasteiger partial charge in [0, 0.05) is 60.8 Å². The molecule has 7 heterocycles. The third-order valence-corrected chi connectivity index (χ3v) is 15.4. The summed E-state index contributed by atoms with van der Waals surface area (Å²) in [7, 11) is 0. The quantitative estimate of drug-likeness (QED) is 0.0518. The maximum Gasteiger partial charge on any atom is 0.321 e. The monoisotopic (exact) mass is 1060 g/mol. The molecule has 0 saturated carbocycles. The molecule has 16 nitrogen and oxygen atoms in total. The Bertz CT molecular complexity index is 2700. The Morgan fingerprint density at radius 1 is 0.697 bits per heavy atom. The van der Waals surface area contributed by atoms with E-state index in [9.17, 15) is 19.8 Å². The fraction of sp³-hybridized carbons (Fsp3) is 0.525. The summed E-state index contributed by atoms with van der Waals surface area (Å²) in [5.41, 5.74) is 10.1. The van der Waals surface area contributed by atoms with Crippen LogP contribution in [0.2, 0.25) is 5.15 Å². The van der Waals surface area contributed by atoms with Crippen molar-refractivity contribution in [1.29, 1.82) is 0 Å². The zero-order valence-electron chi connectivity index (χ0n) is 46.2. The van der Waals surface area contributed by atoms with Crippen LogP contribution in [0.15, 0.2) is 78.4 Å². The van der Waals surface area contributed by atoms with E-state index >= 15 is 0 Å². The summed E-state index contributed by atoms with van der Waals surface area (Å²) < 4.78 is 22.5. The number of carbonyl (C=O) groups excluding carboxylic acids is 2. The lowest BCUT2D eigenvalue weighted by Gasteiger charge is -2.30. The maximum absolute atomic E-state index is 12.8. The predicted molar refractivity (Wildman–Crippen MR) is 304 cm³/mol. The number of aliphatic hydroxyl groups excluding tert-OH is 2. The zero-order valence-corrected chi connectivity index (χ0v) is 47.0. The van der Waals surface area contributed by atoms with Crippen molar-refractivity contribution >= 4 is 52.2 Å². The zero-order chi connectivity index (χ0) is 54.7. The van der Waals surface area contributed by atoms with E-state index in [1.165, 1.54) is 0 Å². The van der Waals surface area contributed by atoms with Gasteiger partial charge in [-0.3, -0.25) is 0 Å². The van der Waals surface area contributed by atoms with Crippen molar-refractivity contribution in [3.63, 3.8) is 0 Å². The van der Waals surface area contributed by atoms with Gasteiger partial charge in [-0.1, -0.05) is 62.6 Å². The van der Waals surface area contributed by atoms with Crippen molar-refractivity contribution in [2.75, 3.05) is 87.1 Å². The largest absolute Gasteiger partial charge is 0.394 e. The van der Waals surface area contributed by atoms with Crippen molar-refractivity contribution in [3.8, 4) is 22.3 Å². The summed E-state index contributed by atoms with van der Waals surface area (Å²) in [4.78, 5) is 38.2. The Kier molecular flexibility index (Phi) is 20.0. The molecule has 6 N–H and O–H groups in total. The second kappa shape index (κ2) is 26.2. The van der Waals surface area contributed by atoms with Gasteiger partial charge in [-0.15, -0.1) is 0 Å². The molecule has 17 heteroatoms. The number of urea groups is 2. The van der Waals surface area contributed by atoms with Crippen LogP contribution in [0.4, 0.5) is 32.6 Å². The number of aryl methyl sites for hydroxylation is 2. The van der Waals surface area contributed by atoms with Crippen molar-refractivity contribution in [2.24, 2.45) is 11.8 Å². The summed E-state index contributed by atoms with van der Waals surface area (Å²) >= 11 is 6.23. The molecule has 5 aliphatic rings. The van der Waals surface area contributed by atoms with Gasteiger partial charge in [0.05, 0.1) is 56.5 Å². The molecule has 2 aromatic heterocycles. The van der Waals surface area contributed by atoms with Gasteiger partial charge < -0.3 is 60.2 Å². The average molecular weight is 1070 g/mol. The van der Waals surface area contributed by atoms with Gasteiger partial charge in [-0.2, -0.15) is 0 Å². The molecule has 0 unspecified atom stereocenters. The van der Waals surface area contributed by atoms with Gasteiger partial charge >= 0.3 is 12.1 Å². The number of hydrogen-bond acceptors (Lipinski definition) is 12. The standard InChI is InChI=1S/C26H34N4O3.C22H29ClN4O2.C11H18O3/c1-4-19-7-9-30(14-19)26(32)28-22-6-5-17(2)23(13-22)21-11-24(20-8-10-33-16-20)29-25(12-21)27-18(3)15-31;1-4-16-7-8-27(12-16)22(29)25-18-6-5-14(2)19(11-18)17-9-20(23)26-21(10-17)24-15(3)13-28;1-10(2)11(3,4)14-9(13-10)8-5-6-12-7-8/h5-6,8,11-13,18-19,31H,4,7,9-10,14-16H2,1-3H3,(H,27,29)(H,28,32);5-6,9-11,15-16,28H,4,7-8,12-13H2,1-3H3,(H,24,26)(H,25,29);5,9H,6-7H2,1-4H3/t18-,19-;15-,16-;/m11./s1. The number of halogens is 1. The molecule has 5 aliphatic heterocycles. The van der Waals surface area contributed by atoms with Crippen LogP contribution in [-0.2, 0) is 18.9 Å². The molecular weight excluding hydrogens is 984 g/mol. The highest BCUT2D eigenvalue weighted by Gasteiger charge is 2.50. The van der Waals surface area contributed by atoms with Gasteiger partial charge in [-0.05, 0) is 162 Å². The number of ether oxygens (including phenoxy) is 4. The molecule has 9 rings (SSSR count). The molecule has 3 fully saturated rings. The number of amides is 4. The van der Waals surface area contributed by atoms with E-state index in [0.29, 0.717) is 55.1 Å². The number of pyridine rings is 2. The molecule has 4 aromatic rings. The van der Waals surface area contributed by atoms with Crippen LogP contribution in [-0.4, -0.2) is 137 Å². The summed E-state index contributed by atoms with van der Waals surface area (Å²) in [5, 5.41) is 31.6. The van der Waals surface area contributed by atoms with Gasteiger partial charge in [-0.25, -0.2) is 19.6 Å². The van der Waals surface area contributed by atoms with E-state index in [0.717, 1.165) is 113 Å². The predicted octanol–water partition coefficient (Wildman–Crippen LogP) is 11.2. The minimum Gasteiger partial charge on any atom is -0.394 e. The van der Waals surface area contributed by atoms with E-state index in [1.807, 2.05) is 85.2 Å². The van der Waals surface area contributed by atoms with Gasteiger partial charge in [0.25, 0.3) is 0 Å². The van der Waals surface area contributed by atoms with Crippen LogP contribution in [0.1, 0.15) is 97.9 Å². The number of carbonyl (C=O) groups is 2. The molecule has 412 valence electrons. The number of benzene rings is 2. The van der Waals surface area contributed by atoms with Crippen LogP contribution in [0.5, 0.6) is 0 Å². The highest BCUT2D eigenvalue weighted by molar-refractivity contribution is 6.29. The second-order valence-corrected chi connectivity index (χ2v) is 22.1. The number of rotatable bonds is 14. The van der Waals surface area contributed by atoms with Crippen molar-refractivity contribution in [3.05, 3.63) is 100 Å². The number of likely N-dealkylation sites (tertiary alicyclic amines) is 2. The van der Waals surface area contributed by atoms with Gasteiger partial charge in [0.2, 0.25) is 0 Å². The normalized spacial score (nSPS) is 20.4. The van der Waals surface area contributed by atoms with Crippen LogP contribution < -0.4 is 21.3 Å². The first-order chi connectivity index (χ1) is 36.3. The summed E-state index contributed by atoms with van der Waals surface area (Å²) in [6.07, 6.45) is 8.23. The van der Waals surface area contributed by atoms with E-state index in [2.05, 4.69) is 86.9 Å². The fourth-order valence-corrected chi connectivity index (χ4v) is 9.71. The first kappa shape index (κ1) is 58.1. The smallest absolute Gasteiger partial charge is 0.321 e. The van der Waals surface area contributed by atoms with Gasteiger partial charge in [0.15, 0.2) is 6.29 Å². The molecule has 0 radical (unpaired) electrons. The van der Waals surface area contributed by atoms with Crippen molar-refractivity contribution < 1.29 is 38.7 Å². The number of nitrogens with zero attached hydrogens (tertiary/aromatic N) is 4. The van der Waals surface area contributed by atoms with Crippen LogP contribution in [0.25, 0.3) is 27.8 Å². The lowest BCUT2D eigenvalue weighted by molar-refractivity contribution is -0.0627. The molecule has 0 bridgehead atoms. The number of hydrogen-bond donors (Lipinski definition) is 6. The van der Waals surface area contributed by atoms with E-state index in [1.54, 1.807) is 6.07 Å². The van der Waals surface area contributed by atoms with E-state index in [4.69, 9.17) is 35.5 Å². The highest BCUT2D eigenvalue weighted by atomic mass is 35.5. The molecule has 4 amide bonds. The summed E-state index contributed by atoms with van der Waals surface area (Å²) in [5.74, 6) is 2.50. The van der Waals surface area contributed by atoms with Crippen LogP contribution in [0, 0.1) is 25.7 Å². The van der Waals surface area contributed by atoms with Crippen molar-refractivity contribution in [2.45, 2.75) is 124 Å². The van der Waals surface area contributed by atoms with Gasteiger partial charge in [0.1, 0.15) is 16.8 Å². The first-order valence-electron chi connectivity index (χ1n) is 27.0. The molecule has 3 saturated heterocycles. The average Bonchev–Trinajstić information content (AvgIpc) is 4.28. The molecule has 0 aliphatic carbocycles. The van der Waals surface area contributed by atoms with E-state index in [-0.39, 0.29) is 54.9 Å². The Morgan fingerprint density at radius 3 is 1.63 bits per heavy atom. The summed E-state index contributed by atoms with van der Waals surface area (Å²) in [6.45, 7) is 26.2. The van der Waals surface area contributed by atoms with Crippen LogP contribution >= 0.6 is 11.6 Å². The molecule has 76 heavy (non-hydrogen) atoms. The molecule has 0 spiro atoms. The number of aromatic nitrogens is 2. The summed E-state index contributed by atoms with van der Waals surface area (Å²) in [6, 6.07) is 19.3. The number of nitrogens with one attached hydrogen (secondary N) is 4. The third-order valence-electron chi connectivity index (χ3n) is 15.2. The minimum absolute atomic E-state index is 0.000536. The SMILES string of the molecule is CC1(C)OC(C2=CCOC2)OC1(C)C.CC[C@@H]1CCN(C(=O)Nc2ccc(C)c(-c3cc(Cl)nc(N[C@H](C)CO)c3)c2)C1.CC[C@@H]1CCN(C(=O)Nc2ccc(C)c(-c3cc(N[C@H](C)CO)nc(C4=CCOC4)c3)c2)C1. The Hall–Kier alpha value is -5.59. The highest BCUT2D eigenvalue weighted by Crippen LogP contribution is 2.41. The number of anilines is 4. The molecule has 2 aromatic carbocycles. The Labute approximate surface area is 455 Å². The number of aliphatic hydroxyl groups is 2.